The van der Waals surface area contributed by atoms with E-state index in [2.05, 4.69) is 48.7 Å². The Kier molecular flexibility index (Phi) is 5.23. The minimum atomic E-state index is -0.0816. The molecule has 2 N–H and O–H groups in total. The van der Waals surface area contributed by atoms with Gasteiger partial charge in [-0.2, -0.15) is 0 Å². The second kappa shape index (κ2) is 7.40. The highest BCUT2D eigenvalue weighted by Gasteiger charge is 2.30. The van der Waals surface area contributed by atoms with Crippen molar-refractivity contribution in [1.82, 2.24) is 5.32 Å². The zero-order valence-electron chi connectivity index (χ0n) is 14.9. The first kappa shape index (κ1) is 17.7. The van der Waals surface area contributed by atoms with E-state index in [9.17, 15) is 9.59 Å². The molecule has 0 unspecified atom stereocenters. The number of benzene rings is 1. The van der Waals surface area contributed by atoms with E-state index in [1.54, 1.807) is 0 Å². The zero-order valence-corrected chi connectivity index (χ0v) is 15.7. The molecule has 1 aliphatic rings. The second-order valence-electron chi connectivity index (χ2n) is 6.73. The van der Waals surface area contributed by atoms with E-state index < -0.39 is 0 Å². The molecule has 1 heterocycles. The van der Waals surface area contributed by atoms with E-state index in [4.69, 9.17) is 0 Å². The Morgan fingerprint density at radius 3 is 2.48 bits per heavy atom. The molecule has 0 spiro atoms. The van der Waals surface area contributed by atoms with Crippen LogP contribution in [0.3, 0.4) is 0 Å². The summed E-state index contributed by atoms with van der Waals surface area (Å²) in [6.07, 6.45) is 2.76. The molecule has 5 heteroatoms. The van der Waals surface area contributed by atoms with Gasteiger partial charge in [-0.05, 0) is 50.3 Å². The SMILES string of the molecule is CC[C@H](NC(=O)c1sc(NC(=O)C2CC2)cc1C)c1ccc(C)cc1. The van der Waals surface area contributed by atoms with Crippen LogP contribution in [0.25, 0.3) is 0 Å². The first-order valence-corrected chi connectivity index (χ1v) is 9.58. The van der Waals surface area contributed by atoms with Gasteiger partial charge < -0.3 is 10.6 Å². The highest BCUT2D eigenvalue weighted by atomic mass is 32.1. The molecule has 1 fully saturated rings. The lowest BCUT2D eigenvalue weighted by molar-refractivity contribution is -0.117. The van der Waals surface area contributed by atoms with Crippen molar-refractivity contribution in [1.29, 1.82) is 0 Å². The molecule has 1 aromatic carbocycles. The van der Waals surface area contributed by atoms with Crippen molar-refractivity contribution in [2.45, 2.75) is 46.1 Å². The summed E-state index contributed by atoms with van der Waals surface area (Å²) in [6, 6.07) is 10.1. The van der Waals surface area contributed by atoms with Gasteiger partial charge in [0.1, 0.15) is 0 Å². The smallest absolute Gasteiger partial charge is 0.262 e. The molecule has 1 saturated carbocycles. The molecule has 1 aliphatic carbocycles. The van der Waals surface area contributed by atoms with Crippen LogP contribution in [0, 0.1) is 19.8 Å². The maximum Gasteiger partial charge on any atom is 0.262 e. The highest BCUT2D eigenvalue weighted by Crippen LogP contribution is 2.33. The standard InChI is InChI=1S/C20H24N2O2S/c1-4-16(14-7-5-12(2)6-8-14)21-20(24)18-13(3)11-17(25-18)22-19(23)15-9-10-15/h5-8,11,15-16H,4,9-10H2,1-3H3,(H,21,24)(H,22,23)/t16-/m0/s1. The van der Waals surface area contributed by atoms with Gasteiger partial charge >= 0.3 is 0 Å². The van der Waals surface area contributed by atoms with Gasteiger partial charge in [-0.25, -0.2) is 0 Å². The Labute approximate surface area is 152 Å². The normalized spacial score (nSPS) is 14.8. The highest BCUT2D eigenvalue weighted by molar-refractivity contribution is 7.18. The van der Waals surface area contributed by atoms with Gasteiger partial charge in [0, 0.05) is 5.92 Å². The number of rotatable bonds is 6. The Morgan fingerprint density at radius 2 is 1.88 bits per heavy atom. The fourth-order valence-corrected chi connectivity index (χ4v) is 3.76. The summed E-state index contributed by atoms with van der Waals surface area (Å²) in [7, 11) is 0. The van der Waals surface area contributed by atoms with Crippen LogP contribution in [0.2, 0.25) is 0 Å². The van der Waals surface area contributed by atoms with Crippen molar-refractivity contribution in [3.05, 3.63) is 51.9 Å². The molecular formula is C20H24N2O2S. The predicted molar refractivity (Wildman–Crippen MR) is 102 cm³/mol. The Balaban J connectivity index is 1.70. The van der Waals surface area contributed by atoms with Gasteiger partial charge in [0.25, 0.3) is 5.91 Å². The Bertz CT molecular complexity index is 775. The zero-order chi connectivity index (χ0) is 18.0. The monoisotopic (exact) mass is 356 g/mol. The van der Waals surface area contributed by atoms with Gasteiger partial charge in [-0.1, -0.05) is 36.8 Å². The lowest BCUT2D eigenvalue weighted by Crippen LogP contribution is -2.27. The fraction of sp³-hybridized carbons (Fsp3) is 0.400. The maximum atomic E-state index is 12.7. The van der Waals surface area contributed by atoms with Gasteiger partial charge in [-0.3, -0.25) is 9.59 Å². The van der Waals surface area contributed by atoms with Gasteiger partial charge in [0.2, 0.25) is 5.91 Å². The van der Waals surface area contributed by atoms with E-state index >= 15 is 0 Å². The van der Waals surface area contributed by atoms with Crippen molar-refractivity contribution < 1.29 is 9.59 Å². The van der Waals surface area contributed by atoms with Crippen molar-refractivity contribution >= 4 is 28.2 Å². The van der Waals surface area contributed by atoms with E-state index in [-0.39, 0.29) is 23.8 Å². The van der Waals surface area contributed by atoms with E-state index in [0.29, 0.717) is 4.88 Å². The third kappa shape index (κ3) is 4.28. The molecule has 0 aliphatic heterocycles. The van der Waals surface area contributed by atoms with Crippen LogP contribution in [0.15, 0.2) is 30.3 Å². The molecule has 0 saturated heterocycles. The minimum Gasteiger partial charge on any atom is -0.345 e. The Hall–Kier alpha value is -2.14. The lowest BCUT2D eigenvalue weighted by Gasteiger charge is -2.17. The summed E-state index contributed by atoms with van der Waals surface area (Å²) in [5.74, 6) is 0.145. The van der Waals surface area contributed by atoms with E-state index in [1.807, 2.05) is 13.0 Å². The Morgan fingerprint density at radius 1 is 1.20 bits per heavy atom. The number of thiophene rings is 1. The molecule has 1 atom stereocenters. The van der Waals surface area contributed by atoms with E-state index in [0.717, 1.165) is 35.4 Å². The summed E-state index contributed by atoms with van der Waals surface area (Å²) in [5.41, 5.74) is 3.21. The summed E-state index contributed by atoms with van der Waals surface area (Å²) in [4.78, 5) is 25.3. The number of nitrogens with one attached hydrogen (secondary N) is 2. The lowest BCUT2D eigenvalue weighted by atomic mass is 10.0. The third-order valence-electron chi connectivity index (χ3n) is 4.51. The molecule has 2 aromatic rings. The van der Waals surface area contributed by atoms with E-state index in [1.165, 1.54) is 16.9 Å². The van der Waals surface area contributed by atoms with Gasteiger partial charge in [-0.15, -0.1) is 11.3 Å². The molecule has 0 radical (unpaired) electrons. The third-order valence-corrected chi connectivity index (χ3v) is 5.66. The van der Waals surface area contributed by atoms with Crippen molar-refractivity contribution in [3.63, 3.8) is 0 Å². The average Bonchev–Trinajstić information content (AvgIpc) is 3.37. The number of aryl methyl sites for hydroxylation is 2. The molecule has 25 heavy (non-hydrogen) atoms. The second-order valence-corrected chi connectivity index (χ2v) is 7.78. The molecule has 0 bridgehead atoms. The molecule has 3 rings (SSSR count). The number of amides is 2. The summed E-state index contributed by atoms with van der Waals surface area (Å²) < 4.78 is 0. The quantitative estimate of drug-likeness (QED) is 0.795. The van der Waals surface area contributed by atoms with Crippen LogP contribution in [-0.2, 0) is 4.79 Å². The number of carbonyl (C=O) groups excluding carboxylic acids is 2. The van der Waals surface area contributed by atoms with Crippen molar-refractivity contribution in [2.24, 2.45) is 5.92 Å². The van der Waals surface area contributed by atoms with Crippen LogP contribution >= 0.6 is 11.3 Å². The molecule has 132 valence electrons. The first-order valence-electron chi connectivity index (χ1n) is 8.76. The van der Waals surface area contributed by atoms with Crippen molar-refractivity contribution in [3.8, 4) is 0 Å². The topological polar surface area (TPSA) is 58.2 Å². The summed E-state index contributed by atoms with van der Waals surface area (Å²) in [6.45, 7) is 6.02. The predicted octanol–water partition coefficient (Wildman–Crippen LogP) is 4.59. The largest absolute Gasteiger partial charge is 0.345 e. The summed E-state index contributed by atoms with van der Waals surface area (Å²) in [5, 5.41) is 6.80. The van der Waals surface area contributed by atoms with Crippen LogP contribution < -0.4 is 10.6 Å². The minimum absolute atomic E-state index is 0.0147. The van der Waals surface area contributed by atoms with Gasteiger partial charge in [0.05, 0.1) is 15.9 Å². The van der Waals surface area contributed by atoms with Crippen LogP contribution in [0.1, 0.15) is 58.6 Å². The number of carbonyl (C=O) groups is 2. The van der Waals surface area contributed by atoms with Crippen LogP contribution in [0.4, 0.5) is 5.00 Å². The number of hydrogen-bond donors (Lipinski definition) is 2. The molecule has 1 aromatic heterocycles. The summed E-state index contributed by atoms with van der Waals surface area (Å²) >= 11 is 1.35. The van der Waals surface area contributed by atoms with Crippen LogP contribution in [0.5, 0.6) is 0 Å². The average molecular weight is 356 g/mol. The number of anilines is 1. The number of hydrogen-bond acceptors (Lipinski definition) is 3. The molecule has 2 amide bonds. The molecule has 4 nitrogen and oxygen atoms in total. The van der Waals surface area contributed by atoms with Gasteiger partial charge in [0.15, 0.2) is 0 Å². The van der Waals surface area contributed by atoms with Crippen molar-refractivity contribution in [2.75, 3.05) is 5.32 Å². The maximum absolute atomic E-state index is 12.7. The van der Waals surface area contributed by atoms with Crippen LogP contribution in [-0.4, -0.2) is 11.8 Å². The fourth-order valence-electron chi connectivity index (χ4n) is 2.78. The molecular weight excluding hydrogens is 332 g/mol. The first-order chi connectivity index (χ1) is 12.0.